The minimum Gasteiger partial charge on any atom is -0.491 e. The Kier molecular flexibility index (Phi) is 20.6. The first-order valence-electron chi connectivity index (χ1n) is 12.7. The second-order valence-corrected chi connectivity index (χ2v) is 7.72. The minimum atomic E-state index is -1.57. The number of aliphatic carboxylic acids is 1. The Balaban J connectivity index is 1.74. The van der Waals surface area contributed by atoms with Crippen molar-refractivity contribution in [2.75, 3.05) is 92.5 Å². The standard InChI is InChI=1S/C25H37NO14/c27-23(25(29)30)5-6-24(28)40-20-18-38-16-14-36-12-10-34-8-7-33-9-11-35-13-15-37-17-19-39-22-3-1-21(2-4-22)26(31)32/h1-4H,5-20H2,(H,29,30). The molecule has 0 bridgehead atoms. The fourth-order valence-electron chi connectivity index (χ4n) is 2.69. The number of carbonyl (C=O) groups excluding carboxylic acids is 2. The molecule has 0 fully saturated rings. The fourth-order valence-corrected chi connectivity index (χ4v) is 2.69. The maximum atomic E-state index is 11.3. The van der Waals surface area contributed by atoms with Crippen molar-refractivity contribution in [3.05, 3.63) is 34.4 Å². The number of hydrogen-bond acceptors (Lipinski definition) is 13. The molecule has 0 aliphatic heterocycles. The zero-order valence-electron chi connectivity index (χ0n) is 22.3. The third-order valence-electron chi connectivity index (χ3n) is 4.69. The van der Waals surface area contributed by atoms with Crippen LogP contribution in [0.25, 0.3) is 0 Å². The topological polar surface area (TPSA) is 188 Å². The Morgan fingerprint density at radius 1 is 0.625 bits per heavy atom. The summed E-state index contributed by atoms with van der Waals surface area (Å²) in [6, 6.07) is 5.84. The molecule has 1 aromatic carbocycles. The summed E-state index contributed by atoms with van der Waals surface area (Å²) in [5.41, 5.74) is 0.00998. The predicted octanol–water partition coefficient (Wildman–Crippen LogP) is 1.05. The molecule has 0 aliphatic rings. The highest BCUT2D eigenvalue weighted by Crippen LogP contribution is 2.17. The molecule has 0 spiro atoms. The zero-order valence-corrected chi connectivity index (χ0v) is 22.3. The van der Waals surface area contributed by atoms with Gasteiger partial charge in [-0.2, -0.15) is 0 Å². The summed E-state index contributed by atoms with van der Waals surface area (Å²) >= 11 is 0. The largest absolute Gasteiger partial charge is 0.491 e. The lowest BCUT2D eigenvalue weighted by Gasteiger charge is -2.09. The molecule has 1 aromatic rings. The number of nitro groups is 1. The van der Waals surface area contributed by atoms with Crippen LogP contribution in [0.4, 0.5) is 5.69 Å². The summed E-state index contributed by atoms with van der Waals surface area (Å²) in [7, 11) is 0. The van der Waals surface area contributed by atoms with E-state index in [2.05, 4.69) is 0 Å². The van der Waals surface area contributed by atoms with Gasteiger partial charge in [0.15, 0.2) is 0 Å². The molecule has 0 heterocycles. The second-order valence-electron chi connectivity index (χ2n) is 7.72. The van der Waals surface area contributed by atoms with Crippen LogP contribution < -0.4 is 4.74 Å². The number of nitro benzene ring substituents is 1. The van der Waals surface area contributed by atoms with Gasteiger partial charge >= 0.3 is 11.9 Å². The quantitative estimate of drug-likeness (QED) is 0.0515. The monoisotopic (exact) mass is 575 g/mol. The molecule has 0 radical (unpaired) electrons. The lowest BCUT2D eigenvalue weighted by Crippen LogP contribution is -2.17. The van der Waals surface area contributed by atoms with Crippen LogP contribution in [0.15, 0.2) is 24.3 Å². The second kappa shape index (κ2) is 23.7. The van der Waals surface area contributed by atoms with Crippen molar-refractivity contribution in [3.8, 4) is 5.75 Å². The van der Waals surface area contributed by atoms with Crippen LogP contribution in [0, 0.1) is 10.1 Å². The van der Waals surface area contributed by atoms with E-state index in [0.717, 1.165) is 0 Å². The maximum absolute atomic E-state index is 11.3. The van der Waals surface area contributed by atoms with E-state index in [1.165, 1.54) is 24.3 Å². The predicted molar refractivity (Wildman–Crippen MR) is 136 cm³/mol. The van der Waals surface area contributed by atoms with E-state index in [1.807, 2.05) is 0 Å². The van der Waals surface area contributed by atoms with Gasteiger partial charge in [0.1, 0.15) is 19.0 Å². The highest BCUT2D eigenvalue weighted by atomic mass is 16.6. The Morgan fingerprint density at radius 2 is 1.02 bits per heavy atom. The van der Waals surface area contributed by atoms with Crippen molar-refractivity contribution >= 4 is 23.4 Å². The van der Waals surface area contributed by atoms with Gasteiger partial charge in [0, 0.05) is 18.6 Å². The number of benzene rings is 1. The van der Waals surface area contributed by atoms with Gasteiger partial charge in [0.25, 0.3) is 5.69 Å². The van der Waals surface area contributed by atoms with Crippen molar-refractivity contribution in [1.29, 1.82) is 0 Å². The van der Waals surface area contributed by atoms with Crippen LogP contribution in [0.5, 0.6) is 5.75 Å². The number of ether oxygens (including phenoxy) is 8. The molecule has 0 amide bonds. The Morgan fingerprint density at radius 3 is 1.43 bits per heavy atom. The number of carbonyl (C=O) groups is 3. The first-order chi connectivity index (χ1) is 19.4. The van der Waals surface area contributed by atoms with Crippen LogP contribution in [0.3, 0.4) is 0 Å². The molecular formula is C25H37NO14. The molecule has 226 valence electrons. The van der Waals surface area contributed by atoms with Gasteiger partial charge in [0.2, 0.25) is 5.78 Å². The van der Waals surface area contributed by atoms with Crippen molar-refractivity contribution in [3.63, 3.8) is 0 Å². The van der Waals surface area contributed by atoms with Gasteiger partial charge in [-0.05, 0) is 12.1 Å². The molecule has 0 atom stereocenters. The summed E-state index contributed by atoms with van der Waals surface area (Å²) in [5, 5.41) is 19.0. The van der Waals surface area contributed by atoms with Gasteiger partial charge in [-0.15, -0.1) is 0 Å². The van der Waals surface area contributed by atoms with E-state index in [-0.39, 0.29) is 25.3 Å². The number of carboxylic acids is 1. The van der Waals surface area contributed by atoms with Crippen LogP contribution in [0.2, 0.25) is 0 Å². The van der Waals surface area contributed by atoms with Crippen LogP contribution in [-0.2, 0) is 47.5 Å². The third-order valence-corrected chi connectivity index (χ3v) is 4.69. The van der Waals surface area contributed by atoms with E-state index in [1.54, 1.807) is 0 Å². The molecule has 0 saturated carbocycles. The van der Waals surface area contributed by atoms with E-state index in [4.69, 9.17) is 43.0 Å². The van der Waals surface area contributed by atoms with Crippen molar-refractivity contribution < 1.29 is 62.3 Å². The van der Waals surface area contributed by atoms with Crippen LogP contribution in [-0.4, -0.2) is 120 Å². The smallest absolute Gasteiger partial charge is 0.372 e. The molecule has 40 heavy (non-hydrogen) atoms. The van der Waals surface area contributed by atoms with Crippen molar-refractivity contribution in [1.82, 2.24) is 0 Å². The average Bonchev–Trinajstić information content (AvgIpc) is 2.94. The number of hydrogen-bond donors (Lipinski definition) is 1. The number of rotatable bonds is 27. The highest BCUT2D eigenvalue weighted by molar-refractivity contribution is 6.32. The fraction of sp³-hybridized carbons (Fsp3) is 0.640. The number of ketones is 1. The lowest BCUT2D eigenvalue weighted by molar-refractivity contribution is -0.384. The summed E-state index contributed by atoms with van der Waals surface area (Å²) < 4.78 is 42.4. The van der Waals surface area contributed by atoms with Crippen LogP contribution in [0.1, 0.15) is 12.8 Å². The number of esters is 1. The van der Waals surface area contributed by atoms with E-state index in [9.17, 15) is 24.5 Å². The molecule has 15 nitrogen and oxygen atoms in total. The number of carboxylic acid groups (broad SMARTS) is 1. The summed E-state index contributed by atoms with van der Waals surface area (Å²) in [4.78, 5) is 42.7. The zero-order chi connectivity index (χ0) is 29.3. The Bertz CT molecular complexity index is 848. The molecule has 15 heteroatoms. The lowest BCUT2D eigenvalue weighted by atomic mass is 10.2. The normalized spacial score (nSPS) is 10.8. The van der Waals surface area contributed by atoms with Gasteiger partial charge in [-0.3, -0.25) is 19.7 Å². The number of Topliss-reactive ketones (excluding diaryl/α,β-unsaturated/α-hetero) is 1. The van der Waals surface area contributed by atoms with E-state index in [0.29, 0.717) is 85.0 Å². The molecule has 0 aromatic heterocycles. The molecule has 0 unspecified atom stereocenters. The molecule has 0 saturated heterocycles. The molecule has 1 rings (SSSR count). The Hall–Kier alpha value is -3.21. The van der Waals surface area contributed by atoms with Gasteiger partial charge in [0.05, 0.1) is 90.6 Å². The maximum Gasteiger partial charge on any atom is 0.372 e. The Labute approximate surface area is 231 Å². The van der Waals surface area contributed by atoms with E-state index < -0.39 is 29.1 Å². The summed E-state index contributed by atoms with van der Waals surface area (Å²) in [5.74, 6) is -2.72. The first-order valence-corrected chi connectivity index (χ1v) is 12.7. The van der Waals surface area contributed by atoms with E-state index >= 15 is 0 Å². The number of nitrogens with zero attached hydrogens (tertiary/aromatic N) is 1. The van der Waals surface area contributed by atoms with Gasteiger partial charge in [-0.1, -0.05) is 0 Å². The highest BCUT2D eigenvalue weighted by Gasteiger charge is 2.14. The van der Waals surface area contributed by atoms with Gasteiger partial charge in [-0.25, -0.2) is 4.79 Å². The molecular weight excluding hydrogens is 538 g/mol. The van der Waals surface area contributed by atoms with Crippen molar-refractivity contribution in [2.45, 2.75) is 12.8 Å². The summed E-state index contributed by atoms with van der Waals surface area (Å²) in [6.45, 7) is 4.81. The minimum absolute atomic E-state index is 0.00518. The van der Waals surface area contributed by atoms with Crippen molar-refractivity contribution in [2.24, 2.45) is 0 Å². The molecule has 0 aliphatic carbocycles. The number of non-ortho nitro benzene ring substituents is 1. The van der Waals surface area contributed by atoms with Gasteiger partial charge < -0.3 is 43.0 Å². The van der Waals surface area contributed by atoms with Crippen LogP contribution >= 0.6 is 0 Å². The SMILES string of the molecule is O=C(CCC(=O)C(=O)O)OCCOCCOCCOCCOCCOCCOCCOc1ccc([N+](=O)[O-])cc1. The first kappa shape index (κ1) is 34.8. The average molecular weight is 576 g/mol. The molecule has 1 N–H and O–H groups in total. The summed E-state index contributed by atoms with van der Waals surface area (Å²) in [6.07, 6.45) is -0.673. The third kappa shape index (κ3) is 19.8.